The van der Waals surface area contributed by atoms with Crippen LogP contribution in [0.15, 0.2) is 60.8 Å². The minimum absolute atomic E-state index is 0.707. The molecule has 0 fully saturated rings. The molecule has 5 nitrogen and oxygen atoms in total. The van der Waals surface area contributed by atoms with Gasteiger partial charge in [0.05, 0.1) is 0 Å². The van der Waals surface area contributed by atoms with E-state index < -0.39 is 0 Å². The molecule has 2 aromatic heterocycles. The van der Waals surface area contributed by atoms with Crippen molar-refractivity contribution in [2.45, 2.75) is 13.3 Å². The average Bonchev–Trinajstić information content (AvgIpc) is 3.07. The van der Waals surface area contributed by atoms with Gasteiger partial charge in [0.15, 0.2) is 0 Å². The Labute approximate surface area is 162 Å². The van der Waals surface area contributed by atoms with Gasteiger partial charge < -0.3 is 15.6 Å². The van der Waals surface area contributed by atoms with Gasteiger partial charge in [0.1, 0.15) is 17.5 Å². The number of para-hydroxylation sites is 1. The largest absolute Gasteiger partial charge is 0.370 e. The number of nitrogens with zero attached hydrogens (tertiary/aromatic N) is 2. The lowest BCUT2D eigenvalue weighted by Gasteiger charge is -2.10. The predicted molar refractivity (Wildman–Crippen MR) is 112 cm³/mol. The van der Waals surface area contributed by atoms with Gasteiger partial charge in [-0.15, -0.1) is 0 Å². The highest BCUT2D eigenvalue weighted by Crippen LogP contribution is 2.21. The second-order valence-corrected chi connectivity index (χ2v) is 6.79. The van der Waals surface area contributed by atoms with Crippen molar-refractivity contribution in [3.05, 3.63) is 77.2 Å². The number of anilines is 3. The van der Waals surface area contributed by atoms with Crippen LogP contribution < -0.4 is 10.6 Å². The zero-order valence-electron chi connectivity index (χ0n) is 15.0. The Morgan fingerprint density at radius 1 is 1.00 bits per heavy atom. The summed E-state index contributed by atoms with van der Waals surface area (Å²) >= 11 is 5.94. The quantitative estimate of drug-likeness (QED) is 0.425. The molecule has 0 aliphatic heterocycles. The number of benzene rings is 2. The van der Waals surface area contributed by atoms with E-state index in [1.165, 1.54) is 16.5 Å². The molecule has 0 unspecified atom stereocenters. The van der Waals surface area contributed by atoms with Crippen molar-refractivity contribution in [1.29, 1.82) is 0 Å². The van der Waals surface area contributed by atoms with E-state index >= 15 is 0 Å². The van der Waals surface area contributed by atoms with E-state index in [0.29, 0.717) is 10.8 Å². The standard InChI is InChI=1S/C21H20ClN5/c1-14-25-20(12-21(26-14)27-17-8-6-16(22)7-9-17)23-11-10-15-13-24-19-5-3-2-4-18(15)19/h2-9,12-13,24H,10-11H2,1H3,(H2,23,25,26,27). The van der Waals surface area contributed by atoms with Gasteiger partial charge in [-0.1, -0.05) is 29.8 Å². The Morgan fingerprint density at radius 2 is 1.78 bits per heavy atom. The molecule has 0 atom stereocenters. The summed E-state index contributed by atoms with van der Waals surface area (Å²) in [7, 11) is 0. The third-order valence-corrected chi connectivity index (χ3v) is 4.58. The van der Waals surface area contributed by atoms with E-state index in [4.69, 9.17) is 11.6 Å². The van der Waals surface area contributed by atoms with E-state index in [2.05, 4.69) is 50.0 Å². The SMILES string of the molecule is Cc1nc(NCCc2c[nH]c3ccccc23)cc(Nc2ccc(Cl)cc2)n1. The van der Waals surface area contributed by atoms with Crippen LogP contribution in [0.5, 0.6) is 0 Å². The molecule has 0 bridgehead atoms. The molecule has 4 rings (SSSR count). The van der Waals surface area contributed by atoms with Crippen LogP contribution in [0.3, 0.4) is 0 Å². The van der Waals surface area contributed by atoms with Crippen LogP contribution >= 0.6 is 11.6 Å². The van der Waals surface area contributed by atoms with Crippen molar-refractivity contribution in [2.75, 3.05) is 17.2 Å². The van der Waals surface area contributed by atoms with Crippen LogP contribution in [0.1, 0.15) is 11.4 Å². The number of nitrogens with one attached hydrogen (secondary N) is 3. The van der Waals surface area contributed by atoms with Crippen LogP contribution in [0.4, 0.5) is 17.3 Å². The molecule has 2 aromatic carbocycles. The Bertz CT molecular complexity index is 1060. The smallest absolute Gasteiger partial charge is 0.136 e. The topological polar surface area (TPSA) is 65.6 Å². The molecule has 0 aliphatic carbocycles. The number of rotatable bonds is 6. The first-order valence-electron chi connectivity index (χ1n) is 8.84. The minimum Gasteiger partial charge on any atom is -0.370 e. The third-order valence-electron chi connectivity index (χ3n) is 4.33. The lowest BCUT2D eigenvalue weighted by atomic mass is 10.1. The van der Waals surface area contributed by atoms with Crippen molar-refractivity contribution < 1.29 is 0 Å². The first-order valence-corrected chi connectivity index (χ1v) is 9.22. The summed E-state index contributed by atoms with van der Waals surface area (Å²) in [5.74, 6) is 2.27. The Balaban J connectivity index is 1.43. The maximum absolute atomic E-state index is 5.94. The summed E-state index contributed by atoms with van der Waals surface area (Å²) in [4.78, 5) is 12.2. The molecule has 0 saturated carbocycles. The maximum atomic E-state index is 5.94. The molecule has 0 aliphatic rings. The fourth-order valence-electron chi connectivity index (χ4n) is 3.07. The van der Waals surface area contributed by atoms with Crippen LogP contribution in [-0.2, 0) is 6.42 Å². The Morgan fingerprint density at radius 3 is 2.63 bits per heavy atom. The van der Waals surface area contributed by atoms with E-state index in [1.807, 2.05) is 43.3 Å². The van der Waals surface area contributed by atoms with Crippen molar-refractivity contribution in [1.82, 2.24) is 15.0 Å². The second-order valence-electron chi connectivity index (χ2n) is 6.35. The van der Waals surface area contributed by atoms with E-state index in [0.717, 1.165) is 30.3 Å². The molecule has 0 saturated heterocycles. The van der Waals surface area contributed by atoms with Crippen molar-refractivity contribution in [3.63, 3.8) is 0 Å². The van der Waals surface area contributed by atoms with Crippen LogP contribution in [0.25, 0.3) is 10.9 Å². The van der Waals surface area contributed by atoms with Gasteiger partial charge >= 0.3 is 0 Å². The molecular weight excluding hydrogens is 358 g/mol. The fraction of sp³-hybridized carbons (Fsp3) is 0.143. The van der Waals surface area contributed by atoms with Gasteiger partial charge in [-0.25, -0.2) is 9.97 Å². The van der Waals surface area contributed by atoms with Gasteiger partial charge in [-0.2, -0.15) is 0 Å². The van der Waals surface area contributed by atoms with Crippen molar-refractivity contribution in [3.8, 4) is 0 Å². The number of halogens is 1. The molecule has 27 heavy (non-hydrogen) atoms. The van der Waals surface area contributed by atoms with E-state index in [-0.39, 0.29) is 0 Å². The summed E-state index contributed by atoms with van der Waals surface area (Å²) < 4.78 is 0. The number of hydrogen-bond acceptors (Lipinski definition) is 4. The van der Waals surface area contributed by atoms with Crippen LogP contribution in [-0.4, -0.2) is 21.5 Å². The number of fused-ring (bicyclic) bond motifs is 1. The van der Waals surface area contributed by atoms with Gasteiger partial charge in [0.25, 0.3) is 0 Å². The first kappa shape index (κ1) is 17.4. The second kappa shape index (κ2) is 7.68. The normalized spacial score (nSPS) is 10.9. The van der Waals surface area contributed by atoms with Crippen molar-refractivity contribution >= 4 is 39.8 Å². The average molecular weight is 378 g/mol. The minimum atomic E-state index is 0.707. The molecular formula is C21H20ClN5. The van der Waals surface area contributed by atoms with Crippen LogP contribution in [0, 0.1) is 6.92 Å². The number of H-pyrrole nitrogens is 1. The summed E-state index contributed by atoms with van der Waals surface area (Å²) in [6.45, 7) is 2.68. The zero-order chi connectivity index (χ0) is 18.6. The Kier molecular flexibility index (Phi) is 4.94. The predicted octanol–water partition coefficient (Wildman–Crippen LogP) is 5.32. The number of hydrogen-bond donors (Lipinski definition) is 3. The van der Waals surface area contributed by atoms with Crippen LogP contribution in [0.2, 0.25) is 5.02 Å². The molecule has 0 radical (unpaired) electrons. The number of aryl methyl sites for hydroxylation is 1. The summed E-state index contributed by atoms with van der Waals surface area (Å²) in [5, 5.41) is 8.66. The zero-order valence-corrected chi connectivity index (χ0v) is 15.7. The highest BCUT2D eigenvalue weighted by molar-refractivity contribution is 6.30. The fourth-order valence-corrected chi connectivity index (χ4v) is 3.19. The number of aromatic amines is 1. The number of aromatic nitrogens is 3. The van der Waals surface area contributed by atoms with E-state index in [1.54, 1.807) is 0 Å². The molecule has 0 amide bonds. The highest BCUT2D eigenvalue weighted by atomic mass is 35.5. The summed E-state index contributed by atoms with van der Waals surface area (Å²) in [6.07, 6.45) is 2.98. The molecule has 136 valence electrons. The van der Waals surface area contributed by atoms with Gasteiger partial charge in [-0.05, 0) is 49.2 Å². The van der Waals surface area contributed by atoms with Crippen molar-refractivity contribution in [2.24, 2.45) is 0 Å². The maximum Gasteiger partial charge on any atom is 0.136 e. The van der Waals surface area contributed by atoms with E-state index in [9.17, 15) is 0 Å². The molecule has 4 aromatic rings. The first-order chi connectivity index (χ1) is 13.2. The molecule has 0 spiro atoms. The third kappa shape index (κ3) is 4.20. The molecule has 6 heteroatoms. The monoisotopic (exact) mass is 377 g/mol. The molecule has 2 heterocycles. The molecule has 3 N–H and O–H groups in total. The highest BCUT2D eigenvalue weighted by Gasteiger charge is 2.05. The lowest BCUT2D eigenvalue weighted by molar-refractivity contribution is 0.988. The van der Waals surface area contributed by atoms with Gasteiger partial charge in [0.2, 0.25) is 0 Å². The summed E-state index contributed by atoms with van der Waals surface area (Å²) in [5.41, 5.74) is 3.39. The van der Waals surface area contributed by atoms with Gasteiger partial charge in [0, 0.05) is 40.4 Å². The van der Waals surface area contributed by atoms with Gasteiger partial charge in [-0.3, -0.25) is 0 Å². The Hall–Kier alpha value is -3.05. The lowest BCUT2D eigenvalue weighted by Crippen LogP contribution is -2.08. The summed E-state index contributed by atoms with van der Waals surface area (Å²) in [6, 6.07) is 17.8.